The summed E-state index contributed by atoms with van der Waals surface area (Å²) in [4.78, 5) is 14.4. The van der Waals surface area contributed by atoms with Crippen LogP contribution >= 0.6 is 0 Å². The number of carbonyl (C=O) groups is 1. The zero-order chi connectivity index (χ0) is 13.9. The van der Waals surface area contributed by atoms with E-state index in [0.29, 0.717) is 24.5 Å². The number of nitrogens with zero attached hydrogens (tertiary/aromatic N) is 3. The first-order chi connectivity index (χ1) is 9.72. The van der Waals surface area contributed by atoms with Crippen molar-refractivity contribution in [1.29, 1.82) is 0 Å². The van der Waals surface area contributed by atoms with Crippen LogP contribution in [0.5, 0.6) is 0 Å². The van der Waals surface area contributed by atoms with Gasteiger partial charge in [-0.15, -0.1) is 0 Å². The Hall–Kier alpha value is -1.40. The molecule has 0 bridgehead atoms. The summed E-state index contributed by atoms with van der Waals surface area (Å²) in [6.07, 6.45) is 6.89. The average Bonchev–Trinajstić information content (AvgIpc) is 2.84. The number of carbonyl (C=O) groups excluding carboxylic acids is 1. The lowest BCUT2D eigenvalue weighted by atomic mass is 9.90. The molecule has 0 radical (unpaired) electrons. The van der Waals surface area contributed by atoms with Gasteiger partial charge in [0.2, 0.25) is 5.91 Å². The van der Waals surface area contributed by atoms with Crippen LogP contribution in [0, 0.1) is 0 Å². The molecular weight excluding hydrogens is 256 g/mol. The van der Waals surface area contributed by atoms with E-state index in [0.717, 1.165) is 26.0 Å². The van der Waals surface area contributed by atoms with Gasteiger partial charge < -0.3 is 10.1 Å². The van der Waals surface area contributed by atoms with Gasteiger partial charge in [-0.05, 0) is 12.8 Å². The number of nitrogens with one attached hydrogen (secondary N) is 1. The van der Waals surface area contributed by atoms with E-state index in [1.54, 1.807) is 10.7 Å². The standard InChI is InChI=1S/C14H22N4O2/c1-17-7-6-13(16-17)15-14(19)10-18-8-9-20-12-5-3-2-4-11(12)18/h6-7,11-12H,2-5,8-10H2,1H3,(H,15,16,19)/t11-,12-/m1/s1. The number of aromatic nitrogens is 2. The summed E-state index contributed by atoms with van der Waals surface area (Å²) in [5.41, 5.74) is 0. The smallest absolute Gasteiger partial charge is 0.239 e. The van der Waals surface area contributed by atoms with Crippen molar-refractivity contribution in [3.63, 3.8) is 0 Å². The molecule has 1 saturated carbocycles. The van der Waals surface area contributed by atoms with Gasteiger partial charge in [0.15, 0.2) is 5.82 Å². The van der Waals surface area contributed by atoms with Gasteiger partial charge in [-0.2, -0.15) is 5.10 Å². The molecule has 2 aliphatic rings. The van der Waals surface area contributed by atoms with Gasteiger partial charge in [-0.3, -0.25) is 14.4 Å². The molecule has 1 amide bonds. The number of amides is 1. The number of ether oxygens (including phenoxy) is 1. The van der Waals surface area contributed by atoms with Crippen molar-refractivity contribution in [2.75, 3.05) is 25.0 Å². The fraction of sp³-hybridized carbons (Fsp3) is 0.714. The van der Waals surface area contributed by atoms with Crippen LogP contribution in [-0.2, 0) is 16.6 Å². The third-order valence-corrected chi connectivity index (χ3v) is 4.17. The first-order valence-electron chi connectivity index (χ1n) is 7.37. The second-order valence-electron chi connectivity index (χ2n) is 5.65. The number of morpholine rings is 1. The maximum absolute atomic E-state index is 12.1. The quantitative estimate of drug-likeness (QED) is 0.896. The molecule has 1 aromatic rings. The summed E-state index contributed by atoms with van der Waals surface area (Å²) >= 11 is 0. The van der Waals surface area contributed by atoms with Crippen LogP contribution in [0.4, 0.5) is 5.82 Å². The molecule has 2 fully saturated rings. The number of fused-ring (bicyclic) bond motifs is 1. The van der Waals surface area contributed by atoms with E-state index >= 15 is 0 Å². The van der Waals surface area contributed by atoms with E-state index in [4.69, 9.17) is 4.74 Å². The summed E-state index contributed by atoms with van der Waals surface area (Å²) in [6.45, 7) is 2.01. The van der Waals surface area contributed by atoms with Crippen LogP contribution in [-0.4, -0.2) is 52.4 Å². The maximum Gasteiger partial charge on any atom is 0.239 e. The Morgan fingerprint density at radius 2 is 2.35 bits per heavy atom. The number of hydrogen-bond acceptors (Lipinski definition) is 4. The predicted octanol–water partition coefficient (Wildman–Crippen LogP) is 1.00. The maximum atomic E-state index is 12.1. The highest BCUT2D eigenvalue weighted by molar-refractivity contribution is 5.91. The van der Waals surface area contributed by atoms with E-state index in [1.165, 1.54) is 12.8 Å². The summed E-state index contributed by atoms with van der Waals surface area (Å²) < 4.78 is 7.51. The van der Waals surface area contributed by atoms with Gasteiger partial charge in [0, 0.05) is 31.9 Å². The SMILES string of the molecule is Cn1ccc(NC(=O)CN2CCO[C@@H]3CCCC[C@H]32)n1. The molecule has 1 saturated heterocycles. The number of aryl methyl sites for hydroxylation is 1. The Morgan fingerprint density at radius 1 is 1.50 bits per heavy atom. The van der Waals surface area contributed by atoms with Crippen LogP contribution in [0.3, 0.4) is 0 Å². The largest absolute Gasteiger partial charge is 0.375 e. The van der Waals surface area contributed by atoms with Crippen LogP contribution in [0.15, 0.2) is 12.3 Å². The second kappa shape index (κ2) is 5.93. The molecule has 0 spiro atoms. The molecule has 0 aromatic carbocycles. The molecular formula is C14H22N4O2. The van der Waals surface area contributed by atoms with Gasteiger partial charge in [-0.1, -0.05) is 12.8 Å². The highest BCUT2D eigenvalue weighted by Gasteiger charge is 2.34. The van der Waals surface area contributed by atoms with Crippen LogP contribution < -0.4 is 5.32 Å². The lowest BCUT2D eigenvalue weighted by Gasteiger charge is -2.43. The lowest BCUT2D eigenvalue weighted by molar-refractivity contribution is -0.124. The Bertz CT molecular complexity index is 471. The Labute approximate surface area is 119 Å². The van der Waals surface area contributed by atoms with Crippen molar-refractivity contribution in [3.05, 3.63) is 12.3 Å². The highest BCUT2D eigenvalue weighted by Crippen LogP contribution is 2.28. The molecule has 6 nitrogen and oxygen atoms in total. The molecule has 1 aromatic heterocycles. The van der Waals surface area contributed by atoms with Gasteiger partial charge in [0.05, 0.1) is 19.3 Å². The minimum atomic E-state index is 0.00919. The number of rotatable bonds is 3. The first kappa shape index (κ1) is 13.6. The molecule has 1 aliphatic heterocycles. The summed E-state index contributed by atoms with van der Waals surface area (Å²) in [6, 6.07) is 2.22. The van der Waals surface area contributed by atoms with Crippen molar-refractivity contribution >= 4 is 11.7 Å². The number of anilines is 1. The van der Waals surface area contributed by atoms with Gasteiger partial charge in [0.25, 0.3) is 0 Å². The zero-order valence-corrected chi connectivity index (χ0v) is 11.9. The fourth-order valence-corrected chi connectivity index (χ4v) is 3.22. The van der Waals surface area contributed by atoms with Crippen molar-refractivity contribution < 1.29 is 9.53 Å². The van der Waals surface area contributed by atoms with E-state index in [9.17, 15) is 4.79 Å². The minimum Gasteiger partial charge on any atom is -0.375 e. The predicted molar refractivity (Wildman–Crippen MR) is 75.4 cm³/mol. The second-order valence-corrected chi connectivity index (χ2v) is 5.65. The van der Waals surface area contributed by atoms with E-state index in [-0.39, 0.29) is 5.91 Å². The zero-order valence-electron chi connectivity index (χ0n) is 11.9. The van der Waals surface area contributed by atoms with Crippen molar-refractivity contribution in [3.8, 4) is 0 Å². The van der Waals surface area contributed by atoms with Crippen molar-refractivity contribution in [1.82, 2.24) is 14.7 Å². The summed E-state index contributed by atoms with van der Waals surface area (Å²) in [5, 5.41) is 7.02. The van der Waals surface area contributed by atoms with Gasteiger partial charge >= 0.3 is 0 Å². The van der Waals surface area contributed by atoms with Gasteiger partial charge in [-0.25, -0.2) is 0 Å². The highest BCUT2D eigenvalue weighted by atomic mass is 16.5. The van der Waals surface area contributed by atoms with Crippen LogP contribution in [0.1, 0.15) is 25.7 Å². The molecule has 1 N–H and O–H groups in total. The van der Waals surface area contributed by atoms with Crippen LogP contribution in [0.2, 0.25) is 0 Å². The Morgan fingerprint density at radius 3 is 3.15 bits per heavy atom. The molecule has 20 heavy (non-hydrogen) atoms. The van der Waals surface area contributed by atoms with E-state index in [1.807, 2.05) is 13.2 Å². The summed E-state index contributed by atoms with van der Waals surface area (Å²) in [5.74, 6) is 0.626. The van der Waals surface area contributed by atoms with Crippen LogP contribution in [0.25, 0.3) is 0 Å². The number of hydrogen-bond donors (Lipinski definition) is 1. The third-order valence-electron chi connectivity index (χ3n) is 4.17. The lowest BCUT2D eigenvalue weighted by Crippen LogP contribution is -2.54. The van der Waals surface area contributed by atoms with E-state index in [2.05, 4.69) is 15.3 Å². The Balaban J connectivity index is 1.57. The molecule has 110 valence electrons. The molecule has 2 heterocycles. The fourth-order valence-electron chi connectivity index (χ4n) is 3.22. The molecule has 3 rings (SSSR count). The van der Waals surface area contributed by atoms with Crippen molar-refractivity contribution in [2.45, 2.75) is 37.8 Å². The third kappa shape index (κ3) is 3.02. The molecule has 6 heteroatoms. The Kier molecular flexibility index (Phi) is 4.03. The molecule has 1 aliphatic carbocycles. The normalized spacial score (nSPS) is 27.1. The monoisotopic (exact) mass is 278 g/mol. The van der Waals surface area contributed by atoms with E-state index < -0.39 is 0 Å². The first-order valence-corrected chi connectivity index (χ1v) is 7.37. The molecule has 2 atom stereocenters. The minimum absolute atomic E-state index is 0.00919. The topological polar surface area (TPSA) is 59.4 Å². The van der Waals surface area contributed by atoms with Gasteiger partial charge in [0.1, 0.15) is 0 Å². The van der Waals surface area contributed by atoms with Crippen molar-refractivity contribution in [2.24, 2.45) is 7.05 Å². The summed E-state index contributed by atoms with van der Waals surface area (Å²) in [7, 11) is 1.84. The average molecular weight is 278 g/mol. The molecule has 0 unspecified atom stereocenters.